The molecule has 1 atom stereocenters. The van der Waals surface area contributed by atoms with Gasteiger partial charge >= 0.3 is 0 Å². The van der Waals surface area contributed by atoms with Crippen LogP contribution in [0, 0.1) is 5.92 Å². The highest BCUT2D eigenvalue weighted by Gasteiger charge is 2.33. The molecule has 1 N–H and O–H groups in total. The van der Waals surface area contributed by atoms with E-state index in [1.807, 2.05) is 13.8 Å². The summed E-state index contributed by atoms with van der Waals surface area (Å²) in [6.07, 6.45) is 1.21. The zero-order valence-corrected chi connectivity index (χ0v) is 25.3. The molecule has 0 aliphatic rings. The second-order valence-corrected chi connectivity index (χ2v) is 12.8. The summed E-state index contributed by atoms with van der Waals surface area (Å²) in [4.78, 5) is 28.1. The molecule has 0 radical (unpaired) electrons. The second kappa shape index (κ2) is 13.6. The molecule has 2 aromatic rings. The molecule has 2 aromatic carbocycles. The SMILES string of the molecule is CCC(C(=O)NCC(C)C)N(Cc1ccc(Cl)cc1Cl)C(=O)CN(c1cc(Cl)c(Cl)cc1Cl)S(C)(=O)=O. The lowest BCUT2D eigenvalue weighted by molar-refractivity contribution is -0.140. The molecular weight excluding hydrogens is 604 g/mol. The average Bonchev–Trinajstić information content (AvgIpc) is 2.79. The maximum atomic E-state index is 13.7. The van der Waals surface area contributed by atoms with Crippen LogP contribution < -0.4 is 9.62 Å². The Labute approximate surface area is 243 Å². The topological polar surface area (TPSA) is 86.8 Å². The molecular formula is C24H28Cl5N3O4S. The fourth-order valence-electron chi connectivity index (χ4n) is 3.47. The maximum absolute atomic E-state index is 13.7. The van der Waals surface area contributed by atoms with E-state index in [0.29, 0.717) is 22.2 Å². The Kier molecular flexibility index (Phi) is 11.7. The molecule has 13 heteroatoms. The summed E-state index contributed by atoms with van der Waals surface area (Å²) in [5, 5.41) is 3.73. The molecule has 0 saturated carbocycles. The van der Waals surface area contributed by atoms with Gasteiger partial charge in [0.15, 0.2) is 0 Å². The Morgan fingerprint density at radius 2 is 1.57 bits per heavy atom. The van der Waals surface area contributed by atoms with Crippen molar-refractivity contribution in [3.8, 4) is 0 Å². The van der Waals surface area contributed by atoms with Crippen molar-refractivity contribution in [3.05, 3.63) is 61.0 Å². The van der Waals surface area contributed by atoms with Gasteiger partial charge in [0.2, 0.25) is 21.8 Å². The molecule has 2 rings (SSSR count). The average molecular weight is 632 g/mol. The van der Waals surface area contributed by atoms with Crippen LogP contribution in [0.5, 0.6) is 0 Å². The molecule has 1 unspecified atom stereocenters. The number of carbonyl (C=O) groups excluding carboxylic acids is 2. The molecule has 37 heavy (non-hydrogen) atoms. The van der Waals surface area contributed by atoms with Crippen molar-refractivity contribution in [1.29, 1.82) is 0 Å². The Hall–Kier alpha value is -1.42. The van der Waals surface area contributed by atoms with Crippen LogP contribution in [0.15, 0.2) is 30.3 Å². The number of anilines is 1. The summed E-state index contributed by atoms with van der Waals surface area (Å²) >= 11 is 30.8. The number of benzene rings is 2. The first-order chi connectivity index (χ1) is 17.1. The van der Waals surface area contributed by atoms with Gasteiger partial charge in [-0.2, -0.15) is 0 Å². The largest absolute Gasteiger partial charge is 0.354 e. The van der Waals surface area contributed by atoms with E-state index in [2.05, 4.69) is 5.32 Å². The van der Waals surface area contributed by atoms with Crippen molar-refractivity contribution >= 4 is 85.5 Å². The van der Waals surface area contributed by atoms with Crippen LogP contribution in [-0.2, 0) is 26.2 Å². The predicted molar refractivity (Wildman–Crippen MR) is 153 cm³/mol. The van der Waals surface area contributed by atoms with E-state index in [9.17, 15) is 18.0 Å². The standard InChI is InChI=1S/C24H28Cl5N3O4S/c1-5-21(24(34)30-11-14(2)3)31(12-15-6-7-16(25)8-17(15)26)23(33)13-32(37(4,35)36)22-10-19(28)18(27)9-20(22)29/h6-10,14,21H,5,11-13H2,1-4H3,(H,30,34). The van der Waals surface area contributed by atoms with Gasteiger partial charge in [-0.05, 0) is 42.2 Å². The summed E-state index contributed by atoms with van der Waals surface area (Å²) in [6.45, 7) is 5.36. The minimum absolute atomic E-state index is 0.0124. The highest BCUT2D eigenvalue weighted by atomic mass is 35.5. The van der Waals surface area contributed by atoms with Crippen molar-refractivity contribution in [2.75, 3.05) is 23.7 Å². The van der Waals surface area contributed by atoms with Crippen molar-refractivity contribution in [1.82, 2.24) is 10.2 Å². The first kappa shape index (κ1) is 31.8. The van der Waals surface area contributed by atoms with Crippen LogP contribution in [0.25, 0.3) is 0 Å². The third-order valence-electron chi connectivity index (χ3n) is 5.36. The summed E-state index contributed by atoms with van der Waals surface area (Å²) < 4.78 is 26.3. The monoisotopic (exact) mass is 629 g/mol. The van der Waals surface area contributed by atoms with Gasteiger partial charge in [0, 0.05) is 23.1 Å². The summed E-state index contributed by atoms with van der Waals surface area (Å²) in [5.41, 5.74) is 0.515. The van der Waals surface area contributed by atoms with Gasteiger partial charge in [-0.3, -0.25) is 13.9 Å². The molecule has 0 fully saturated rings. The third kappa shape index (κ3) is 8.80. The molecule has 2 amide bonds. The molecule has 0 aliphatic carbocycles. The fraction of sp³-hybridized carbons (Fsp3) is 0.417. The van der Waals surface area contributed by atoms with E-state index < -0.39 is 28.5 Å². The Morgan fingerprint density at radius 3 is 2.11 bits per heavy atom. The summed E-state index contributed by atoms with van der Waals surface area (Å²) in [7, 11) is -4.00. The zero-order chi connectivity index (χ0) is 28.1. The molecule has 0 bridgehead atoms. The number of hydrogen-bond donors (Lipinski definition) is 1. The number of carbonyl (C=O) groups is 2. The minimum Gasteiger partial charge on any atom is -0.354 e. The van der Waals surface area contributed by atoms with Crippen LogP contribution in [0.3, 0.4) is 0 Å². The number of hydrogen-bond acceptors (Lipinski definition) is 4. The van der Waals surface area contributed by atoms with Gasteiger partial charge in [-0.25, -0.2) is 8.42 Å². The van der Waals surface area contributed by atoms with Crippen LogP contribution >= 0.6 is 58.0 Å². The van der Waals surface area contributed by atoms with Gasteiger partial charge < -0.3 is 10.2 Å². The highest BCUT2D eigenvalue weighted by molar-refractivity contribution is 7.92. The lowest BCUT2D eigenvalue weighted by Crippen LogP contribution is -2.52. The minimum atomic E-state index is -4.00. The number of nitrogens with one attached hydrogen (secondary N) is 1. The number of sulfonamides is 1. The quantitative estimate of drug-likeness (QED) is 0.295. The molecule has 7 nitrogen and oxygen atoms in total. The first-order valence-corrected chi connectivity index (χ1v) is 15.0. The molecule has 0 spiro atoms. The molecule has 0 aromatic heterocycles. The van der Waals surface area contributed by atoms with Gasteiger partial charge in [0.1, 0.15) is 12.6 Å². The van der Waals surface area contributed by atoms with Crippen LogP contribution in [0.2, 0.25) is 25.1 Å². The van der Waals surface area contributed by atoms with Gasteiger partial charge in [-0.1, -0.05) is 84.8 Å². The van der Waals surface area contributed by atoms with Crippen molar-refractivity contribution in [2.45, 2.75) is 39.8 Å². The van der Waals surface area contributed by atoms with Gasteiger partial charge in [0.05, 0.1) is 27.0 Å². The van der Waals surface area contributed by atoms with E-state index in [1.54, 1.807) is 19.1 Å². The van der Waals surface area contributed by atoms with Crippen LogP contribution in [0.4, 0.5) is 5.69 Å². The highest BCUT2D eigenvalue weighted by Crippen LogP contribution is 2.36. The molecule has 0 heterocycles. The lowest BCUT2D eigenvalue weighted by Gasteiger charge is -2.33. The van der Waals surface area contributed by atoms with Crippen molar-refractivity contribution < 1.29 is 18.0 Å². The van der Waals surface area contributed by atoms with E-state index >= 15 is 0 Å². The van der Waals surface area contributed by atoms with E-state index in [1.165, 1.54) is 23.1 Å². The van der Waals surface area contributed by atoms with Crippen molar-refractivity contribution in [2.24, 2.45) is 5.92 Å². The summed E-state index contributed by atoms with van der Waals surface area (Å²) in [5.74, 6) is -0.827. The predicted octanol–water partition coefficient (Wildman–Crippen LogP) is 6.30. The third-order valence-corrected chi connectivity index (χ3v) is 8.10. The van der Waals surface area contributed by atoms with Gasteiger partial charge in [-0.15, -0.1) is 0 Å². The molecule has 204 valence electrons. The van der Waals surface area contributed by atoms with E-state index in [4.69, 9.17) is 58.0 Å². The number of amides is 2. The Morgan fingerprint density at radius 1 is 0.946 bits per heavy atom. The second-order valence-electron chi connectivity index (χ2n) is 8.81. The van der Waals surface area contributed by atoms with E-state index in [-0.39, 0.29) is 45.5 Å². The lowest BCUT2D eigenvalue weighted by atomic mass is 10.1. The normalized spacial score (nSPS) is 12.4. The van der Waals surface area contributed by atoms with Crippen LogP contribution in [0.1, 0.15) is 32.8 Å². The number of nitrogens with zero attached hydrogens (tertiary/aromatic N) is 2. The molecule has 0 saturated heterocycles. The zero-order valence-electron chi connectivity index (χ0n) is 20.7. The molecule has 0 aliphatic heterocycles. The Balaban J connectivity index is 2.53. The Bertz CT molecular complexity index is 1260. The maximum Gasteiger partial charge on any atom is 0.244 e. The van der Waals surface area contributed by atoms with Crippen LogP contribution in [-0.4, -0.2) is 50.5 Å². The van der Waals surface area contributed by atoms with Gasteiger partial charge in [0.25, 0.3) is 0 Å². The first-order valence-electron chi connectivity index (χ1n) is 11.3. The number of rotatable bonds is 11. The van der Waals surface area contributed by atoms with Crippen molar-refractivity contribution in [3.63, 3.8) is 0 Å². The summed E-state index contributed by atoms with van der Waals surface area (Å²) in [6, 6.07) is 6.45. The van der Waals surface area contributed by atoms with E-state index in [0.717, 1.165) is 10.6 Å². The number of halogens is 5. The smallest absolute Gasteiger partial charge is 0.244 e. The fourth-order valence-corrected chi connectivity index (χ4v) is 5.49.